The van der Waals surface area contributed by atoms with E-state index < -0.39 is 0 Å². The van der Waals surface area contributed by atoms with Crippen molar-refractivity contribution in [2.45, 2.75) is 38.1 Å². The smallest absolute Gasteiger partial charge is 0.239 e. The van der Waals surface area contributed by atoms with Gasteiger partial charge >= 0.3 is 0 Å². The summed E-state index contributed by atoms with van der Waals surface area (Å²) in [6, 6.07) is 8.20. The Kier molecular flexibility index (Phi) is 4.34. The monoisotopic (exact) mass is 341 g/mol. The molecular formula is C17H19N5OS. The van der Waals surface area contributed by atoms with Crippen LogP contribution in [0.25, 0.3) is 10.8 Å². The van der Waals surface area contributed by atoms with Crippen molar-refractivity contribution in [2.24, 2.45) is 5.10 Å². The van der Waals surface area contributed by atoms with E-state index in [2.05, 4.69) is 20.7 Å². The lowest BCUT2D eigenvalue weighted by atomic mass is 9.94. The SMILES string of the molecule is O=C1CS/C(=N\Nc2nncc3ccccc23)N1C1CCCCC1. The van der Waals surface area contributed by atoms with Gasteiger partial charge in [0.25, 0.3) is 0 Å². The average molecular weight is 341 g/mol. The molecule has 1 aromatic heterocycles. The molecule has 0 atom stereocenters. The Hall–Kier alpha value is -2.15. The van der Waals surface area contributed by atoms with Gasteiger partial charge < -0.3 is 0 Å². The minimum Gasteiger partial charge on any atom is -0.286 e. The molecule has 1 aliphatic heterocycles. The highest BCUT2D eigenvalue weighted by atomic mass is 32.2. The summed E-state index contributed by atoms with van der Waals surface area (Å²) in [5.74, 6) is 1.25. The first-order valence-electron chi connectivity index (χ1n) is 8.32. The predicted octanol–water partition coefficient (Wildman–Crippen LogP) is 3.22. The lowest BCUT2D eigenvalue weighted by Gasteiger charge is -2.30. The summed E-state index contributed by atoms with van der Waals surface area (Å²) in [7, 11) is 0. The number of carbonyl (C=O) groups excluding carboxylic acids is 1. The number of nitrogens with one attached hydrogen (secondary N) is 1. The fraction of sp³-hybridized carbons (Fsp3) is 0.412. The summed E-state index contributed by atoms with van der Waals surface area (Å²) < 4.78 is 0. The Morgan fingerprint density at radius 3 is 2.92 bits per heavy atom. The van der Waals surface area contributed by atoms with Crippen LogP contribution in [0.4, 0.5) is 5.82 Å². The van der Waals surface area contributed by atoms with Gasteiger partial charge in [-0.25, -0.2) is 0 Å². The molecule has 6 nitrogen and oxygen atoms in total. The maximum Gasteiger partial charge on any atom is 0.239 e. The van der Waals surface area contributed by atoms with Crippen molar-refractivity contribution in [3.05, 3.63) is 30.5 Å². The number of hydrogen-bond acceptors (Lipinski definition) is 6. The molecule has 0 spiro atoms. The number of fused-ring (bicyclic) bond motifs is 1. The lowest BCUT2D eigenvalue weighted by Crippen LogP contribution is -2.41. The molecule has 2 heterocycles. The van der Waals surface area contributed by atoms with Crippen LogP contribution in [-0.4, -0.2) is 38.0 Å². The van der Waals surface area contributed by atoms with Gasteiger partial charge in [0.05, 0.1) is 11.9 Å². The molecule has 124 valence electrons. The van der Waals surface area contributed by atoms with Crippen molar-refractivity contribution in [1.82, 2.24) is 15.1 Å². The zero-order chi connectivity index (χ0) is 16.4. The van der Waals surface area contributed by atoms with E-state index in [1.54, 1.807) is 6.20 Å². The van der Waals surface area contributed by atoms with E-state index in [0.29, 0.717) is 17.6 Å². The number of hydrogen-bond donors (Lipinski definition) is 1. The van der Waals surface area contributed by atoms with Gasteiger partial charge in [-0.05, 0) is 12.8 Å². The van der Waals surface area contributed by atoms with Crippen molar-refractivity contribution < 1.29 is 4.79 Å². The van der Waals surface area contributed by atoms with Crippen LogP contribution >= 0.6 is 11.8 Å². The molecule has 1 aromatic carbocycles. The third-order valence-corrected chi connectivity index (χ3v) is 5.50. The van der Waals surface area contributed by atoms with Crippen LogP contribution in [-0.2, 0) is 4.79 Å². The molecule has 2 aromatic rings. The second-order valence-electron chi connectivity index (χ2n) is 6.13. The van der Waals surface area contributed by atoms with Crippen LogP contribution in [0.2, 0.25) is 0 Å². The third kappa shape index (κ3) is 2.96. The first-order chi connectivity index (χ1) is 11.8. The highest BCUT2D eigenvalue weighted by Crippen LogP contribution is 2.30. The third-order valence-electron chi connectivity index (χ3n) is 4.57. The minimum absolute atomic E-state index is 0.163. The van der Waals surface area contributed by atoms with E-state index in [1.807, 2.05) is 29.2 Å². The average Bonchev–Trinajstić information content (AvgIpc) is 3.01. The van der Waals surface area contributed by atoms with Gasteiger partial charge in [0.1, 0.15) is 0 Å². The van der Waals surface area contributed by atoms with Crippen molar-refractivity contribution in [3.8, 4) is 0 Å². The zero-order valence-corrected chi connectivity index (χ0v) is 14.1. The van der Waals surface area contributed by atoms with E-state index in [0.717, 1.165) is 28.8 Å². The Morgan fingerprint density at radius 2 is 2.04 bits per heavy atom. The molecule has 1 saturated heterocycles. The Balaban J connectivity index is 1.58. The predicted molar refractivity (Wildman–Crippen MR) is 96.8 cm³/mol. The van der Waals surface area contributed by atoms with Crippen LogP contribution in [0.5, 0.6) is 0 Å². The maximum absolute atomic E-state index is 12.3. The Morgan fingerprint density at radius 1 is 1.21 bits per heavy atom. The molecule has 1 N–H and O–H groups in total. The first kappa shape index (κ1) is 15.4. The molecule has 2 fully saturated rings. The van der Waals surface area contributed by atoms with Gasteiger partial charge in [-0.15, -0.1) is 10.2 Å². The van der Waals surface area contributed by atoms with Crippen LogP contribution < -0.4 is 5.43 Å². The molecule has 1 saturated carbocycles. The van der Waals surface area contributed by atoms with Crippen LogP contribution in [0.1, 0.15) is 32.1 Å². The molecule has 2 aliphatic rings. The van der Waals surface area contributed by atoms with E-state index >= 15 is 0 Å². The second kappa shape index (κ2) is 6.76. The summed E-state index contributed by atoms with van der Waals surface area (Å²) in [5, 5.41) is 15.4. The van der Waals surface area contributed by atoms with Crippen LogP contribution in [0, 0.1) is 0 Å². The second-order valence-corrected chi connectivity index (χ2v) is 7.07. The van der Waals surface area contributed by atoms with Gasteiger partial charge in [0.15, 0.2) is 11.0 Å². The van der Waals surface area contributed by atoms with Gasteiger partial charge in [-0.3, -0.25) is 15.1 Å². The standard InChI is InChI=1S/C17H19N5OS/c23-15-11-24-17(22(15)13-7-2-1-3-8-13)21-20-16-14-9-5-4-6-12(14)10-18-19-16/h4-6,9-10,13H,1-3,7-8,11H2,(H,19,20)/b21-17-. The Labute approximate surface area is 144 Å². The lowest BCUT2D eigenvalue weighted by molar-refractivity contribution is -0.126. The Bertz CT molecular complexity index is 782. The van der Waals surface area contributed by atoms with Crippen LogP contribution in [0.3, 0.4) is 0 Å². The van der Waals surface area contributed by atoms with Crippen LogP contribution in [0.15, 0.2) is 35.6 Å². The molecule has 1 aliphatic carbocycles. The highest BCUT2D eigenvalue weighted by molar-refractivity contribution is 8.15. The molecule has 0 radical (unpaired) electrons. The number of nitrogens with zero attached hydrogens (tertiary/aromatic N) is 4. The number of thioether (sulfide) groups is 1. The van der Waals surface area contributed by atoms with Gasteiger partial charge in [0, 0.05) is 16.8 Å². The van der Waals surface area contributed by atoms with Crippen molar-refractivity contribution in [1.29, 1.82) is 0 Å². The number of amidine groups is 1. The van der Waals surface area contributed by atoms with E-state index in [9.17, 15) is 4.79 Å². The number of rotatable bonds is 3. The van der Waals surface area contributed by atoms with Crippen molar-refractivity contribution in [3.63, 3.8) is 0 Å². The molecule has 7 heteroatoms. The van der Waals surface area contributed by atoms with Gasteiger partial charge in [0.2, 0.25) is 5.91 Å². The zero-order valence-electron chi connectivity index (χ0n) is 13.3. The molecule has 24 heavy (non-hydrogen) atoms. The number of hydrazone groups is 1. The van der Waals surface area contributed by atoms with E-state index in [1.165, 1.54) is 31.0 Å². The summed E-state index contributed by atoms with van der Waals surface area (Å²) >= 11 is 1.49. The first-order valence-corrected chi connectivity index (χ1v) is 9.30. The molecule has 0 bridgehead atoms. The van der Waals surface area contributed by atoms with Gasteiger partial charge in [-0.2, -0.15) is 5.10 Å². The van der Waals surface area contributed by atoms with Crippen molar-refractivity contribution >= 4 is 39.4 Å². The summed E-state index contributed by atoms with van der Waals surface area (Å²) in [6.45, 7) is 0. The number of aromatic nitrogens is 2. The molecule has 1 amide bonds. The molecule has 0 unspecified atom stereocenters. The fourth-order valence-electron chi connectivity index (χ4n) is 3.37. The maximum atomic E-state index is 12.3. The topological polar surface area (TPSA) is 70.5 Å². The summed E-state index contributed by atoms with van der Waals surface area (Å²) in [5.41, 5.74) is 3.02. The minimum atomic E-state index is 0.163. The van der Waals surface area contributed by atoms with Crippen molar-refractivity contribution in [2.75, 3.05) is 11.2 Å². The number of carbonyl (C=O) groups is 1. The number of amides is 1. The molecular weight excluding hydrogens is 322 g/mol. The normalized spacial score (nSPS) is 20.9. The highest BCUT2D eigenvalue weighted by Gasteiger charge is 2.35. The summed E-state index contributed by atoms with van der Waals surface area (Å²) in [6.07, 6.45) is 7.51. The number of benzene rings is 1. The summed E-state index contributed by atoms with van der Waals surface area (Å²) in [4.78, 5) is 14.2. The quantitative estimate of drug-likeness (QED) is 0.868. The fourth-order valence-corrected chi connectivity index (χ4v) is 4.26. The molecule has 4 rings (SSSR count). The van der Waals surface area contributed by atoms with E-state index in [4.69, 9.17) is 0 Å². The van der Waals surface area contributed by atoms with E-state index in [-0.39, 0.29) is 5.91 Å². The largest absolute Gasteiger partial charge is 0.286 e. The van der Waals surface area contributed by atoms with Gasteiger partial charge in [-0.1, -0.05) is 55.3 Å². The number of anilines is 1.